The fourth-order valence-corrected chi connectivity index (χ4v) is 3.31. The quantitative estimate of drug-likeness (QED) is 0.882. The number of alkyl halides is 3. The summed E-state index contributed by atoms with van der Waals surface area (Å²) in [7, 11) is 2.10. The molecular weight excluding hydrogens is 341 g/mol. The van der Waals surface area contributed by atoms with Crippen molar-refractivity contribution in [2.45, 2.75) is 38.9 Å². The number of nitrogens with zero attached hydrogens (tertiary/aromatic N) is 3. The van der Waals surface area contributed by atoms with Gasteiger partial charge in [0.05, 0.1) is 11.3 Å². The van der Waals surface area contributed by atoms with Crippen molar-refractivity contribution in [3.63, 3.8) is 0 Å². The molecule has 1 aromatic carbocycles. The highest BCUT2D eigenvalue weighted by Gasteiger charge is 2.30. The zero-order valence-electron chi connectivity index (χ0n) is 15.2. The first-order valence-electron chi connectivity index (χ1n) is 8.72. The number of benzene rings is 1. The summed E-state index contributed by atoms with van der Waals surface area (Å²) in [5.74, 6) is 0.749. The Bertz CT molecular complexity index is 772. The Kier molecular flexibility index (Phi) is 5.18. The van der Waals surface area contributed by atoms with Gasteiger partial charge in [-0.2, -0.15) is 13.2 Å². The molecule has 7 heteroatoms. The van der Waals surface area contributed by atoms with Gasteiger partial charge in [-0.25, -0.2) is 0 Å². The molecule has 2 aromatic rings. The van der Waals surface area contributed by atoms with E-state index in [1.807, 2.05) is 13.8 Å². The topological polar surface area (TPSA) is 41.0 Å². The molecule has 1 unspecified atom stereocenters. The number of hydrogen-bond donors (Lipinski definition) is 1. The lowest BCUT2D eigenvalue weighted by Gasteiger charge is -2.31. The molecule has 0 bridgehead atoms. The van der Waals surface area contributed by atoms with E-state index in [1.54, 1.807) is 0 Å². The first-order chi connectivity index (χ1) is 12.3. The number of nitrogens with one attached hydrogen (secondary N) is 1. The summed E-state index contributed by atoms with van der Waals surface area (Å²) in [5.41, 5.74) is 2.48. The van der Waals surface area contributed by atoms with E-state index in [2.05, 4.69) is 27.5 Å². The maximum absolute atomic E-state index is 12.7. The van der Waals surface area contributed by atoms with Crippen molar-refractivity contribution in [3.05, 3.63) is 41.0 Å². The summed E-state index contributed by atoms with van der Waals surface area (Å²) in [6.07, 6.45) is -2.11. The first-order valence-corrected chi connectivity index (χ1v) is 8.72. The lowest BCUT2D eigenvalue weighted by molar-refractivity contribution is -0.137. The van der Waals surface area contributed by atoms with E-state index in [4.69, 9.17) is 0 Å². The fraction of sp³-hybridized carbons (Fsp3) is 0.474. The highest BCUT2D eigenvalue weighted by Crippen LogP contribution is 2.32. The van der Waals surface area contributed by atoms with Crippen molar-refractivity contribution < 1.29 is 13.2 Å². The monoisotopic (exact) mass is 364 g/mol. The summed E-state index contributed by atoms with van der Waals surface area (Å²) in [6, 6.07) is 5.38. The Morgan fingerprint density at radius 3 is 2.38 bits per heavy atom. The molecule has 1 N–H and O–H groups in total. The molecule has 3 rings (SSSR count). The van der Waals surface area contributed by atoms with Gasteiger partial charge in [0.2, 0.25) is 0 Å². The van der Waals surface area contributed by atoms with Gasteiger partial charge >= 0.3 is 6.18 Å². The molecule has 0 spiro atoms. The Hall–Kier alpha value is -2.15. The largest absolute Gasteiger partial charge is 0.416 e. The summed E-state index contributed by atoms with van der Waals surface area (Å²) in [5, 5.41) is 12.0. The molecule has 140 valence electrons. The molecule has 1 aromatic heterocycles. The van der Waals surface area contributed by atoms with Crippen molar-refractivity contribution in [2.75, 3.05) is 25.5 Å². The van der Waals surface area contributed by atoms with Gasteiger partial charge in [-0.15, -0.1) is 10.2 Å². The molecule has 1 atom stereocenters. The highest BCUT2D eigenvalue weighted by molar-refractivity contribution is 5.66. The molecule has 2 heterocycles. The molecule has 0 saturated carbocycles. The third-order valence-corrected chi connectivity index (χ3v) is 4.97. The minimum atomic E-state index is -4.34. The van der Waals surface area contributed by atoms with Crippen molar-refractivity contribution in [1.29, 1.82) is 0 Å². The van der Waals surface area contributed by atoms with Gasteiger partial charge in [0.25, 0.3) is 0 Å². The molecule has 1 aliphatic rings. The predicted octanol–water partition coefficient (Wildman–Crippen LogP) is 4.29. The third kappa shape index (κ3) is 3.98. The second-order valence-corrected chi connectivity index (χ2v) is 6.97. The van der Waals surface area contributed by atoms with Crippen molar-refractivity contribution >= 4 is 5.82 Å². The van der Waals surface area contributed by atoms with Crippen LogP contribution in [0.5, 0.6) is 0 Å². The van der Waals surface area contributed by atoms with Gasteiger partial charge in [0, 0.05) is 18.2 Å². The van der Waals surface area contributed by atoms with E-state index in [-0.39, 0.29) is 0 Å². The molecule has 4 nitrogen and oxygen atoms in total. The van der Waals surface area contributed by atoms with E-state index in [1.165, 1.54) is 12.1 Å². The second kappa shape index (κ2) is 7.23. The van der Waals surface area contributed by atoms with Gasteiger partial charge in [0.15, 0.2) is 5.82 Å². The zero-order valence-corrected chi connectivity index (χ0v) is 15.2. The van der Waals surface area contributed by atoms with Crippen LogP contribution in [0.3, 0.4) is 0 Å². The predicted molar refractivity (Wildman–Crippen MR) is 96.1 cm³/mol. The summed E-state index contributed by atoms with van der Waals surface area (Å²) in [4.78, 5) is 2.29. The Balaban J connectivity index is 1.83. The van der Waals surface area contributed by atoms with E-state index in [0.717, 1.165) is 55.0 Å². The lowest BCUT2D eigenvalue weighted by atomic mass is 10.0. The number of rotatable bonds is 3. The van der Waals surface area contributed by atoms with E-state index in [9.17, 15) is 13.2 Å². The van der Waals surface area contributed by atoms with Gasteiger partial charge in [0.1, 0.15) is 0 Å². The van der Waals surface area contributed by atoms with Gasteiger partial charge in [-0.3, -0.25) is 0 Å². The van der Waals surface area contributed by atoms with Crippen LogP contribution in [0.25, 0.3) is 11.3 Å². The van der Waals surface area contributed by atoms with Crippen molar-refractivity contribution in [3.8, 4) is 11.3 Å². The number of likely N-dealkylation sites (N-methyl/N-ethyl adjacent to an activating group) is 1. The average molecular weight is 364 g/mol. The molecule has 26 heavy (non-hydrogen) atoms. The summed E-state index contributed by atoms with van der Waals surface area (Å²) < 4.78 is 38.2. The van der Waals surface area contributed by atoms with Crippen LogP contribution in [0.15, 0.2) is 24.3 Å². The van der Waals surface area contributed by atoms with Gasteiger partial charge in [-0.05, 0) is 63.5 Å². The van der Waals surface area contributed by atoms with E-state index in [0.29, 0.717) is 17.3 Å². The van der Waals surface area contributed by atoms with E-state index >= 15 is 0 Å². The zero-order chi connectivity index (χ0) is 18.9. The maximum atomic E-state index is 12.7. The van der Waals surface area contributed by atoms with Gasteiger partial charge in [-0.1, -0.05) is 12.1 Å². The first kappa shape index (κ1) is 18.6. The van der Waals surface area contributed by atoms with Gasteiger partial charge < -0.3 is 10.2 Å². The molecule has 1 aliphatic heterocycles. The van der Waals surface area contributed by atoms with Crippen LogP contribution in [-0.2, 0) is 6.18 Å². The van der Waals surface area contributed by atoms with Crippen LogP contribution < -0.4 is 5.32 Å². The normalized spacial score (nSPS) is 18.8. The van der Waals surface area contributed by atoms with Crippen molar-refractivity contribution in [1.82, 2.24) is 15.1 Å². The Morgan fingerprint density at radius 1 is 1.08 bits per heavy atom. The number of piperidine rings is 1. The Labute approximate surface area is 151 Å². The number of aromatic nitrogens is 2. The Morgan fingerprint density at radius 2 is 1.77 bits per heavy atom. The third-order valence-electron chi connectivity index (χ3n) is 4.97. The van der Waals surface area contributed by atoms with Crippen molar-refractivity contribution in [2.24, 2.45) is 0 Å². The molecule has 0 aliphatic carbocycles. The van der Waals surface area contributed by atoms with Crippen LogP contribution in [0.1, 0.15) is 29.5 Å². The molecule has 0 radical (unpaired) electrons. The minimum Gasteiger partial charge on any atom is -0.364 e. The second-order valence-electron chi connectivity index (χ2n) is 6.97. The van der Waals surface area contributed by atoms with E-state index < -0.39 is 11.7 Å². The SMILES string of the molecule is Cc1c(NC2CCCN(C)C2)nnc(-c2ccc(C(F)(F)F)cc2)c1C. The average Bonchev–Trinajstić information content (AvgIpc) is 2.59. The number of halogens is 3. The van der Waals surface area contributed by atoms with Crippen LogP contribution in [-0.4, -0.2) is 41.3 Å². The standard InChI is InChI=1S/C19H23F3N4/c1-12-13(2)18(23-16-5-4-10-26(3)11-16)25-24-17(12)14-6-8-15(9-7-14)19(20,21)22/h6-9,16H,4-5,10-11H2,1-3H3,(H,23,25). The molecule has 1 saturated heterocycles. The van der Waals surface area contributed by atoms with Crippen LogP contribution in [0.2, 0.25) is 0 Å². The lowest BCUT2D eigenvalue weighted by Crippen LogP contribution is -2.40. The maximum Gasteiger partial charge on any atom is 0.416 e. The van der Waals surface area contributed by atoms with Crippen LogP contribution in [0, 0.1) is 13.8 Å². The summed E-state index contributed by atoms with van der Waals surface area (Å²) >= 11 is 0. The smallest absolute Gasteiger partial charge is 0.364 e. The molecule has 1 fully saturated rings. The highest BCUT2D eigenvalue weighted by atomic mass is 19.4. The van der Waals surface area contributed by atoms with Crippen LogP contribution in [0.4, 0.5) is 19.0 Å². The summed E-state index contributed by atoms with van der Waals surface area (Å²) in [6.45, 7) is 5.96. The molecule has 0 amide bonds. The number of hydrogen-bond acceptors (Lipinski definition) is 4. The fourth-order valence-electron chi connectivity index (χ4n) is 3.31. The van der Waals surface area contributed by atoms with Crippen LogP contribution >= 0.6 is 0 Å². The molecular formula is C19H23F3N4. The minimum absolute atomic E-state index is 0.332. The number of likely N-dealkylation sites (tertiary alicyclic amines) is 1. The number of anilines is 1.